The Labute approximate surface area is 192 Å². The second-order valence-electron chi connectivity index (χ2n) is 8.14. The van der Waals surface area contributed by atoms with E-state index in [0.29, 0.717) is 23.6 Å². The minimum atomic E-state index is -0.0503. The lowest BCUT2D eigenvalue weighted by molar-refractivity contribution is -0.116. The van der Waals surface area contributed by atoms with E-state index in [9.17, 15) is 4.79 Å². The van der Waals surface area contributed by atoms with Gasteiger partial charge in [-0.25, -0.2) is 4.98 Å². The van der Waals surface area contributed by atoms with Crippen LogP contribution < -0.4 is 5.32 Å². The van der Waals surface area contributed by atoms with Crippen LogP contribution in [0.2, 0.25) is 0 Å². The lowest BCUT2D eigenvalue weighted by Crippen LogP contribution is -2.16. The van der Waals surface area contributed by atoms with E-state index in [-0.39, 0.29) is 11.8 Å². The van der Waals surface area contributed by atoms with Crippen molar-refractivity contribution in [2.75, 3.05) is 5.32 Å². The Morgan fingerprint density at radius 1 is 0.848 bits per heavy atom. The van der Waals surface area contributed by atoms with Crippen LogP contribution in [0.5, 0.6) is 0 Å². The van der Waals surface area contributed by atoms with E-state index >= 15 is 0 Å². The van der Waals surface area contributed by atoms with Gasteiger partial charge in [0.05, 0.1) is 0 Å². The highest BCUT2D eigenvalue weighted by molar-refractivity contribution is 5.93. The average molecular weight is 433 g/mol. The molecule has 162 valence electrons. The second-order valence-corrected chi connectivity index (χ2v) is 8.14. The molecule has 5 rings (SSSR count). The van der Waals surface area contributed by atoms with Crippen molar-refractivity contribution >= 4 is 22.7 Å². The molecule has 4 nitrogen and oxygen atoms in total. The van der Waals surface area contributed by atoms with Crippen molar-refractivity contribution in [3.8, 4) is 11.5 Å². The summed E-state index contributed by atoms with van der Waals surface area (Å²) in [5.41, 5.74) is 6.41. The number of nitrogens with one attached hydrogen (secondary N) is 1. The molecule has 4 aromatic carbocycles. The smallest absolute Gasteiger partial charge is 0.227 e. The molecule has 33 heavy (non-hydrogen) atoms. The number of nitrogens with zero attached hydrogens (tertiary/aromatic N) is 1. The number of carbonyl (C=O) groups is 1. The number of oxazole rings is 1. The summed E-state index contributed by atoms with van der Waals surface area (Å²) in [6.45, 7) is 2.03. The maximum atomic E-state index is 13.0. The normalized spacial score (nSPS) is 11.1. The topological polar surface area (TPSA) is 55.1 Å². The maximum Gasteiger partial charge on any atom is 0.227 e. The quantitative estimate of drug-likeness (QED) is 0.315. The molecule has 5 aromatic rings. The van der Waals surface area contributed by atoms with Gasteiger partial charge in [-0.15, -0.1) is 0 Å². The number of amides is 1. The van der Waals surface area contributed by atoms with Crippen molar-refractivity contribution in [3.63, 3.8) is 0 Å². The summed E-state index contributed by atoms with van der Waals surface area (Å²) < 4.78 is 6.01. The van der Waals surface area contributed by atoms with Gasteiger partial charge in [-0.1, -0.05) is 78.9 Å². The largest absolute Gasteiger partial charge is 0.436 e. The van der Waals surface area contributed by atoms with Crippen LogP contribution in [-0.2, 0) is 4.79 Å². The molecule has 1 heterocycles. The molecule has 0 unspecified atom stereocenters. The van der Waals surface area contributed by atoms with Crippen molar-refractivity contribution in [3.05, 3.63) is 120 Å². The first-order valence-corrected chi connectivity index (χ1v) is 11.0. The number of fused-ring (bicyclic) bond motifs is 1. The Bertz CT molecular complexity index is 1350. The first kappa shape index (κ1) is 20.7. The molecule has 0 radical (unpaired) electrons. The third kappa shape index (κ3) is 4.55. The molecule has 0 aliphatic rings. The lowest BCUT2D eigenvalue weighted by atomic mass is 9.88. The SMILES string of the molecule is Cc1ccccc1-c1nc2ccc(NC(=O)CC(c3ccccc3)c3ccccc3)cc2o1. The molecule has 0 bridgehead atoms. The van der Waals surface area contributed by atoms with E-state index < -0.39 is 0 Å². The molecular weight excluding hydrogens is 408 g/mol. The van der Waals surface area contributed by atoms with E-state index in [4.69, 9.17) is 4.42 Å². The van der Waals surface area contributed by atoms with E-state index in [1.54, 1.807) is 0 Å². The first-order chi connectivity index (χ1) is 16.2. The fourth-order valence-electron chi connectivity index (χ4n) is 4.13. The van der Waals surface area contributed by atoms with Gasteiger partial charge in [0.25, 0.3) is 0 Å². The third-order valence-corrected chi connectivity index (χ3v) is 5.84. The molecule has 0 atom stereocenters. The van der Waals surface area contributed by atoms with Gasteiger partial charge in [-0.2, -0.15) is 0 Å². The van der Waals surface area contributed by atoms with Crippen LogP contribution in [0.4, 0.5) is 5.69 Å². The zero-order valence-electron chi connectivity index (χ0n) is 18.4. The van der Waals surface area contributed by atoms with Gasteiger partial charge in [-0.3, -0.25) is 4.79 Å². The number of hydrogen-bond acceptors (Lipinski definition) is 3. The van der Waals surface area contributed by atoms with Crippen LogP contribution in [-0.4, -0.2) is 10.9 Å². The highest BCUT2D eigenvalue weighted by atomic mass is 16.3. The van der Waals surface area contributed by atoms with Gasteiger partial charge in [0.1, 0.15) is 5.52 Å². The highest BCUT2D eigenvalue weighted by Crippen LogP contribution is 2.30. The minimum Gasteiger partial charge on any atom is -0.436 e. The molecule has 0 fully saturated rings. The van der Waals surface area contributed by atoms with Gasteiger partial charge in [0.2, 0.25) is 11.8 Å². The van der Waals surface area contributed by atoms with Gasteiger partial charge >= 0.3 is 0 Å². The molecule has 0 aliphatic heterocycles. The number of rotatable bonds is 6. The first-order valence-electron chi connectivity index (χ1n) is 11.0. The van der Waals surface area contributed by atoms with Crippen molar-refractivity contribution in [2.45, 2.75) is 19.3 Å². The van der Waals surface area contributed by atoms with E-state index in [1.165, 1.54) is 0 Å². The van der Waals surface area contributed by atoms with Gasteiger partial charge in [-0.05, 0) is 41.8 Å². The summed E-state index contributed by atoms with van der Waals surface area (Å²) in [7, 11) is 0. The number of aryl methyl sites for hydroxylation is 1. The van der Waals surface area contributed by atoms with Crippen molar-refractivity contribution in [1.29, 1.82) is 0 Å². The number of hydrogen-bond donors (Lipinski definition) is 1. The number of benzene rings is 4. The van der Waals surface area contributed by atoms with Crippen molar-refractivity contribution in [2.24, 2.45) is 0 Å². The van der Waals surface area contributed by atoms with Gasteiger partial charge in [0.15, 0.2) is 5.58 Å². The predicted molar refractivity (Wildman–Crippen MR) is 132 cm³/mol. The highest BCUT2D eigenvalue weighted by Gasteiger charge is 2.19. The van der Waals surface area contributed by atoms with Crippen LogP contribution in [0.3, 0.4) is 0 Å². The van der Waals surface area contributed by atoms with Crippen molar-refractivity contribution < 1.29 is 9.21 Å². The summed E-state index contributed by atoms with van der Waals surface area (Å²) in [4.78, 5) is 17.6. The summed E-state index contributed by atoms with van der Waals surface area (Å²) in [5.74, 6) is 0.513. The van der Waals surface area contributed by atoms with Gasteiger partial charge < -0.3 is 9.73 Å². The van der Waals surface area contributed by atoms with Crippen LogP contribution in [0.15, 0.2) is 108 Å². The molecular formula is C29H24N2O2. The van der Waals surface area contributed by atoms with Crippen LogP contribution in [0.1, 0.15) is 29.0 Å². The number of aromatic nitrogens is 1. The zero-order chi connectivity index (χ0) is 22.6. The minimum absolute atomic E-state index is 0.0194. The standard InChI is InChI=1S/C29H24N2O2/c1-20-10-8-9-15-24(20)29-31-26-17-16-23(18-27(26)33-29)30-28(32)19-25(21-11-4-2-5-12-21)22-13-6-3-7-14-22/h2-18,25H,19H2,1H3,(H,30,32). The Morgan fingerprint density at radius 3 is 2.15 bits per heavy atom. The van der Waals surface area contributed by atoms with Crippen LogP contribution >= 0.6 is 0 Å². The molecule has 1 aromatic heterocycles. The van der Waals surface area contributed by atoms with Crippen LogP contribution in [0.25, 0.3) is 22.6 Å². The molecule has 4 heteroatoms. The van der Waals surface area contributed by atoms with Crippen molar-refractivity contribution in [1.82, 2.24) is 4.98 Å². The maximum absolute atomic E-state index is 13.0. The Kier molecular flexibility index (Phi) is 5.73. The van der Waals surface area contributed by atoms with E-state index in [2.05, 4.69) is 34.6 Å². The fraction of sp³-hybridized carbons (Fsp3) is 0.103. The van der Waals surface area contributed by atoms with Gasteiger partial charge in [0, 0.05) is 29.7 Å². The molecule has 0 saturated heterocycles. The molecule has 0 aliphatic carbocycles. The lowest BCUT2D eigenvalue weighted by Gasteiger charge is -2.18. The number of carbonyl (C=O) groups excluding carboxylic acids is 1. The van der Waals surface area contributed by atoms with E-state index in [0.717, 1.165) is 27.8 Å². The monoisotopic (exact) mass is 432 g/mol. The fourth-order valence-corrected chi connectivity index (χ4v) is 4.13. The van der Waals surface area contributed by atoms with E-state index in [1.807, 2.05) is 85.8 Å². The molecule has 1 amide bonds. The summed E-state index contributed by atoms with van der Waals surface area (Å²) in [5, 5.41) is 3.04. The average Bonchev–Trinajstić information content (AvgIpc) is 3.27. The molecule has 1 N–H and O–H groups in total. The Morgan fingerprint density at radius 2 is 1.48 bits per heavy atom. The Balaban J connectivity index is 1.37. The summed E-state index contributed by atoms with van der Waals surface area (Å²) >= 11 is 0. The predicted octanol–water partition coefficient (Wildman–Crippen LogP) is 6.96. The summed E-state index contributed by atoms with van der Waals surface area (Å²) in [6, 6.07) is 33.9. The summed E-state index contributed by atoms with van der Waals surface area (Å²) in [6.07, 6.45) is 0.344. The third-order valence-electron chi connectivity index (χ3n) is 5.84. The number of anilines is 1. The second kappa shape index (κ2) is 9.13. The Hall–Kier alpha value is -4.18. The zero-order valence-corrected chi connectivity index (χ0v) is 18.4. The molecule has 0 spiro atoms. The van der Waals surface area contributed by atoms with Crippen LogP contribution in [0, 0.1) is 6.92 Å². The molecule has 0 saturated carbocycles.